The Morgan fingerprint density at radius 3 is 2.72 bits per heavy atom. The summed E-state index contributed by atoms with van der Waals surface area (Å²) in [4.78, 5) is 6.16. The van der Waals surface area contributed by atoms with Gasteiger partial charge in [-0.1, -0.05) is 49.7 Å². The molecule has 7 heteroatoms. The molecule has 3 aromatic rings. The fraction of sp³-hybridized carbons (Fsp3) is 0.409. The van der Waals surface area contributed by atoms with Crippen LogP contribution in [-0.4, -0.2) is 27.3 Å². The van der Waals surface area contributed by atoms with Gasteiger partial charge in [0, 0.05) is 24.4 Å². The Balaban J connectivity index is 1.67. The van der Waals surface area contributed by atoms with Crippen molar-refractivity contribution in [1.82, 2.24) is 25.4 Å². The molecule has 2 aromatic heterocycles. The molecule has 0 spiro atoms. The molecule has 6 nitrogen and oxygen atoms in total. The van der Waals surface area contributed by atoms with E-state index in [1.165, 1.54) is 16.0 Å². The van der Waals surface area contributed by atoms with Crippen LogP contribution in [0, 0.1) is 6.92 Å². The minimum atomic E-state index is 0.250. The number of nitrogens with zero attached hydrogens (tertiary/aromatic N) is 4. The van der Waals surface area contributed by atoms with Gasteiger partial charge in [0.15, 0.2) is 5.96 Å². The topological polar surface area (TPSA) is 67.1 Å². The maximum absolute atomic E-state index is 4.84. The van der Waals surface area contributed by atoms with Crippen molar-refractivity contribution < 1.29 is 0 Å². The van der Waals surface area contributed by atoms with Gasteiger partial charge in [-0.15, -0.1) is 21.5 Å². The zero-order valence-electron chi connectivity index (χ0n) is 17.4. The molecule has 0 bridgehead atoms. The molecule has 2 N–H and O–H groups in total. The van der Waals surface area contributed by atoms with Crippen molar-refractivity contribution in [3.05, 3.63) is 69.9 Å². The third kappa shape index (κ3) is 6.15. The van der Waals surface area contributed by atoms with E-state index in [-0.39, 0.29) is 6.04 Å². The van der Waals surface area contributed by atoms with Crippen LogP contribution in [0.3, 0.4) is 0 Å². The van der Waals surface area contributed by atoms with E-state index in [1.807, 2.05) is 0 Å². The molecule has 1 atom stereocenters. The highest BCUT2D eigenvalue weighted by molar-refractivity contribution is 7.10. The van der Waals surface area contributed by atoms with Crippen molar-refractivity contribution in [3.8, 4) is 0 Å². The Hall–Kier alpha value is -2.67. The largest absolute Gasteiger partial charge is 0.355 e. The van der Waals surface area contributed by atoms with Crippen LogP contribution >= 0.6 is 11.3 Å². The molecule has 154 valence electrons. The molecule has 0 saturated carbocycles. The molecule has 0 aliphatic rings. The van der Waals surface area contributed by atoms with Crippen LogP contribution in [0.15, 0.2) is 53.1 Å². The van der Waals surface area contributed by atoms with Crippen molar-refractivity contribution in [3.63, 3.8) is 0 Å². The smallest absolute Gasteiger partial charge is 0.192 e. The Morgan fingerprint density at radius 2 is 2.03 bits per heavy atom. The number of hydrogen-bond acceptors (Lipinski definition) is 4. The van der Waals surface area contributed by atoms with Crippen molar-refractivity contribution in [2.75, 3.05) is 6.54 Å². The molecular weight excluding hydrogens is 380 g/mol. The maximum Gasteiger partial charge on any atom is 0.192 e. The third-order valence-corrected chi connectivity index (χ3v) is 5.79. The SMILES string of the molecule is CCc1nncn1CCNC(=NCc1ccc(C)cc1)NC(CC)c1cccs1. The Bertz CT molecular complexity index is 882. The van der Waals surface area contributed by atoms with Crippen LogP contribution in [0.5, 0.6) is 0 Å². The molecule has 0 radical (unpaired) electrons. The molecule has 0 amide bonds. The highest BCUT2D eigenvalue weighted by atomic mass is 32.1. The zero-order valence-corrected chi connectivity index (χ0v) is 18.2. The predicted octanol–water partition coefficient (Wildman–Crippen LogP) is 4.10. The van der Waals surface area contributed by atoms with Gasteiger partial charge in [0.1, 0.15) is 12.2 Å². The average molecular weight is 411 g/mol. The Morgan fingerprint density at radius 1 is 1.21 bits per heavy atom. The number of aromatic nitrogens is 3. The number of benzene rings is 1. The summed E-state index contributed by atoms with van der Waals surface area (Å²) in [5.41, 5.74) is 2.46. The summed E-state index contributed by atoms with van der Waals surface area (Å²) in [7, 11) is 0. The molecule has 0 aliphatic carbocycles. The van der Waals surface area contributed by atoms with E-state index in [9.17, 15) is 0 Å². The highest BCUT2D eigenvalue weighted by Crippen LogP contribution is 2.21. The minimum Gasteiger partial charge on any atom is -0.355 e. The number of rotatable bonds is 9. The molecule has 2 heterocycles. The van der Waals surface area contributed by atoms with E-state index in [4.69, 9.17) is 4.99 Å². The first-order valence-electron chi connectivity index (χ1n) is 10.2. The van der Waals surface area contributed by atoms with Crippen molar-refractivity contribution in [1.29, 1.82) is 0 Å². The second kappa shape index (κ2) is 10.8. The molecule has 0 saturated heterocycles. The number of thiophene rings is 1. The summed E-state index contributed by atoms with van der Waals surface area (Å²) in [6.45, 7) is 8.59. The Kier molecular flexibility index (Phi) is 7.81. The lowest BCUT2D eigenvalue weighted by atomic mass is 10.1. The number of guanidine groups is 1. The number of aryl methyl sites for hydroxylation is 2. The second-order valence-corrected chi connectivity index (χ2v) is 7.97. The molecule has 3 rings (SSSR count). The fourth-order valence-corrected chi connectivity index (χ4v) is 3.94. The van der Waals surface area contributed by atoms with Crippen LogP contribution < -0.4 is 10.6 Å². The monoisotopic (exact) mass is 410 g/mol. The lowest BCUT2D eigenvalue weighted by Gasteiger charge is -2.20. The molecule has 1 aromatic carbocycles. The first kappa shape index (κ1) is 21.0. The predicted molar refractivity (Wildman–Crippen MR) is 120 cm³/mol. The van der Waals surface area contributed by atoms with Crippen molar-refractivity contribution in [2.24, 2.45) is 4.99 Å². The summed E-state index contributed by atoms with van der Waals surface area (Å²) in [6.07, 6.45) is 3.66. The van der Waals surface area contributed by atoms with Gasteiger partial charge in [-0.2, -0.15) is 0 Å². The number of aliphatic imine (C=N–C) groups is 1. The lowest BCUT2D eigenvalue weighted by Crippen LogP contribution is -2.40. The molecule has 0 aliphatic heterocycles. The van der Waals surface area contributed by atoms with Gasteiger partial charge in [0.2, 0.25) is 0 Å². The van der Waals surface area contributed by atoms with Gasteiger partial charge in [0.05, 0.1) is 12.6 Å². The van der Waals surface area contributed by atoms with Gasteiger partial charge < -0.3 is 15.2 Å². The van der Waals surface area contributed by atoms with Gasteiger partial charge in [-0.25, -0.2) is 4.99 Å². The number of nitrogens with one attached hydrogen (secondary N) is 2. The van der Waals surface area contributed by atoms with Crippen LogP contribution in [0.4, 0.5) is 0 Å². The Labute approximate surface area is 177 Å². The van der Waals surface area contributed by atoms with E-state index in [1.54, 1.807) is 17.7 Å². The fourth-order valence-electron chi connectivity index (χ4n) is 3.08. The van der Waals surface area contributed by atoms with Crippen LogP contribution in [-0.2, 0) is 19.5 Å². The van der Waals surface area contributed by atoms with Crippen LogP contribution in [0.1, 0.15) is 48.1 Å². The van der Waals surface area contributed by atoms with E-state index in [0.29, 0.717) is 6.54 Å². The molecule has 29 heavy (non-hydrogen) atoms. The van der Waals surface area contributed by atoms with Crippen LogP contribution in [0.2, 0.25) is 0 Å². The summed E-state index contributed by atoms with van der Waals surface area (Å²) >= 11 is 1.77. The maximum atomic E-state index is 4.84. The first-order valence-corrected chi connectivity index (χ1v) is 11.1. The zero-order chi connectivity index (χ0) is 20.5. The van der Waals surface area contributed by atoms with E-state index >= 15 is 0 Å². The van der Waals surface area contributed by atoms with Gasteiger partial charge in [-0.05, 0) is 30.4 Å². The van der Waals surface area contributed by atoms with Gasteiger partial charge in [0.25, 0.3) is 0 Å². The molecule has 0 fully saturated rings. The van der Waals surface area contributed by atoms with E-state index in [0.717, 1.165) is 37.7 Å². The lowest BCUT2D eigenvalue weighted by molar-refractivity contribution is 0.595. The summed E-state index contributed by atoms with van der Waals surface area (Å²) in [6, 6.07) is 13.1. The van der Waals surface area contributed by atoms with Crippen LogP contribution in [0.25, 0.3) is 0 Å². The number of hydrogen-bond donors (Lipinski definition) is 2. The highest BCUT2D eigenvalue weighted by Gasteiger charge is 2.12. The first-order chi connectivity index (χ1) is 14.2. The summed E-state index contributed by atoms with van der Waals surface area (Å²) in [5, 5.41) is 17.4. The normalized spacial score (nSPS) is 12.7. The van der Waals surface area contributed by atoms with Gasteiger partial charge in [-0.3, -0.25) is 0 Å². The minimum absolute atomic E-state index is 0.250. The van der Waals surface area contributed by atoms with Crippen molar-refractivity contribution in [2.45, 2.75) is 52.7 Å². The quantitative estimate of drug-likeness (QED) is 0.412. The standard InChI is InChI=1S/C22H30N6S/c1-4-19(20-7-6-14-29-20)26-22(24-15-18-10-8-17(3)9-11-18)23-12-13-28-16-25-27-21(28)5-2/h6-11,14,16,19H,4-5,12-13,15H2,1-3H3,(H2,23,24,26). The summed E-state index contributed by atoms with van der Waals surface area (Å²) in [5.74, 6) is 1.83. The van der Waals surface area contributed by atoms with E-state index < -0.39 is 0 Å². The average Bonchev–Trinajstić information content (AvgIpc) is 3.42. The van der Waals surface area contributed by atoms with E-state index in [2.05, 4.69) is 87.9 Å². The molecule has 1 unspecified atom stereocenters. The second-order valence-electron chi connectivity index (χ2n) is 6.99. The van der Waals surface area contributed by atoms with Gasteiger partial charge >= 0.3 is 0 Å². The van der Waals surface area contributed by atoms with Crippen molar-refractivity contribution >= 4 is 17.3 Å². The third-order valence-electron chi connectivity index (χ3n) is 4.80. The molecular formula is C22H30N6S. The summed E-state index contributed by atoms with van der Waals surface area (Å²) < 4.78 is 2.08.